The molecule has 0 radical (unpaired) electrons. The van der Waals surface area contributed by atoms with Gasteiger partial charge < -0.3 is 14.6 Å². The van der Waals surface area contributed by atoms with E-state index in [2.05, 4.69) is 17.5 Å². The second-order valence-corrected chi connectivity index (χ2v) is 2.69. The van der Waals surface area contributed by atoms with Gasteiger partial charge in [0.25, 0.3) is 0 Å². The molecule has 5 heteroatoms. The summed E-state index contributed by atoms with van der Waals surface area (Å²) in [5.41, 5.74) is 0. The van der Waals surface area contributed by atoms with Crippen LogP contribution in [0.3, 0.4) is 0 Å². The summed E-state index contributed by atoms with van der Waals surface area (Å²) in [6, 6.07) is 0. The maximum Gasteiger partial charge on any atom is 0.103 e. The number of ether oxygens (including phenoxy) is 2. The highest BCUT2D eigenvalue weighted by Gasteiger charge is 2.03. The molecule has 74 valence electrons. The first kappa shape index (κ1) is 12.2. The highest BCUT2D eigenvalue weighted by Crippen LogP contribution is 1.90. The molecular formula is C7H17NO3S. The second-order valence-electron chi connectivity index (χ2n) is 2.38. The van der Waals surface area contributed by atoms with Gasteiger partial charge in [-0.3, -0.25) is 4.72 Å². The van der Waals surface area contributed by atoms with E-state index in [1.807, 2.05) is 0 Å². The number of hydrogen-bond donors (Lipinski definition) is 3. The zero-order valence-corrected chi connectivity index (χ0v) is 8.22. The highest BCUT2D eigenvalue weighted by atomic mass is 32.1. The van der Waals surface area contributed by atoms with Crippen molar-refractivity contribution in [3.8, 4) is 0 Å². The van der Waals surface area contributed by atoms with Gasteiger partial charge in [-0.1, -0.05) is 12.8 Å². The lowest BCUT2D eigenvalue weighted by atomic mass is 10.4. The van der Waals surface area contributed by atoms with Gasteiger partial charge in [-0.2, -0.15) is 0 Å². The van der Waals surface area contributed by atoms with Gasteiger partial charge >= 0.3 is 0 Å². The Labute approximate surface area is 78.8 Å². The van der Waals surface area contributed by atoms with Crippen LogP contribution in [0.4, 0.5) is 0 Å². The molecule has 0 heterocycles. The van der Waals surface area contributed by atoms with E-state index in [1.54, 1.807) is 7.11 Å². The summed E-state index contributed by atoms with van der Waals surface area (Å²) in [6.07, 6.45) is 0.708. The smallest absolute Gasteiger partial charge is 0.103 e. The van der Waals surface area contributed by atoms with Crippen LogP contribution in [-0.4, -0.2) is 44.7 Å². The number of nitrogens with one attached hydrogen (secondary N) is 1. The van der Waals surface area contributed by atoms with E-state index in [0.717, 1.165) is 13.0 Å². The Morgan fingerprint density at radius 3 is 2.83 bits per heavy atom. The van der Waals surface area contributed by atoms with E-state index >= 15 is 0 Å². The van der Waals surface area contributed by atoms with Crippen molar-refractivity contribution >= 4 is 12.8 Å². The number of rotatable bonds is 8. The van der Waals surface area contributed by atoms with Gasteiger partial charge in [0, 0.05) is 20.3 Å². The maximum atomic E-state index is 8.70. The fourth-order valence-corrected chi connectivity index (χ4v) is 0.821. The molecule has 4 nitrogen and oxygen atoms in total. The number of thiol groups is 1. The molecule has 1 atom stereocenters. The lowest BCUT2D eigenvalue weighted by molar-refractivity contribution is -0.0199. The molecule has 0 saturated carbocycles. The van der Waals surface area contributed by atoms with Crippen LogP contribution in [0.1, 0.15) is 6.42 Å². The fourth-order valence-electron chi connectivity index (χ4n) is 0.663. The first-order valence-corrected chi connectivity index (χ1v) is 4.38. The Kier molecular flexibility index (Phi) is 9.43. The molecule has 0 aromatic rings. The summed E-state index contributed by atoms with van der Waals surface area (Å²) in [6.45, 7) is 1.92. The summed E-state index contributed by atoms with van der Waals surface area (Å²) in [4.78, 5) is 0. The highest BCUT2D eigenvalue weighted by molar-refractivity contribution is 7.78. The fraction of sp³-hybridized carbons (Fsp3) is 1.00. The van der Waals surface area contributed by atoms with E-state index in [-0.39, 0.29) is 12.7 Å². The standard InChI is InChI=1S/C7H17NO3S/c1-10-7(5-9)6-11-4-2-3-8-12/h7-9,12H,2-6H2,1H3. The van der Waals surface area contributed by atoms with Crippen molar-refractivity contribution in [2.24, 2.45) is 0 Å². The van der Waals surface area contributed by atoms with Crippen molar-refractivity contribution in [1.82, 2.24) is 4.72 Å². The van der Waals surface area contributed by atoms with Crippen molar-refractivity contribution in [2.45, 2.75) is 12.5 Å². The summed E-state index contributed by atoms with van der Waals surface area (Å²) >= 11 is 3.83. The van der Waals surface area contributed by atoms with E-state index < -0.39 is 0 Å². The van der Waals surface area contributed by atoms with Gasteiger partial charge in [0.1, 0.15) is 6.10 Å². The summed E-state index contributed by atoms with van der Waals surface area (Å²) < 4.78 is 12.8. The van der Waals surface area contributed by atoms with Crippen molar-refractivity contribution in [3.63, 3.8) is 0 Å². The van der Waals surface area contributed by atoms with E-state index in [1.165, 1.54) is 0 Å². The lowest BCUT2D eigenvalue weighted by Gasteiger charge is -2.11. The largest absolute Gasteiger partial charge is 0.394 e. The number of hydrogen-bond acceptors (Lipinski definition) is 5. The minimum atomic E-state index is -0.200. The molecule has 0 spiro atoms. The molecule has 1 unspecified atom stereocenters. The predicted molar refractivity (Wildman–Crippen MR) is 50.3 cm³/mol. The van der Waals surface area contributed by atoms with E-state index in [9.17, 15) is 0 Å². The predicted octanol–water partition coefficient (Wildman–Crippen LogP) is -0.165. The Morgan fingerprint density at radius 1 is 1.58 bits per heavy atom. The molecule has 0 aliphatic carbocycles. The van der Waals surface area contributed by atoms with Gasteiger partial charge in [0.2, 0.25) is 0 Å². The van der Waals surface area contributed by atoms with Gasteiger partial charge in [-0.15, -0.1) is 0 Å². The molecule has 0 aliphatic heterocycles. The topological polar surface area (TPSA) is 50.7 Å². The lowest BCUT2D eigenvalue weighted by Crippen LogP contribution is -2.23. The van der Waals surface area contributed by atoms with Crippen LogP contribution >= 0.6 is 12.8 Å². The normalized spacial score (nSPS) is 13.2. The third-order valence-corrected chi connectivity index (χ3v) is 1.64. The molecule has 0 aromatic carbocycles. The number of methoxy groups -OCH3 is 1. The second kappa shape index (κ2) is 9.28. The number of aliphatic hydroxyl groups is 1. The maximum absolute atomic E-state index is 8.70. The molecular weight excluding hydrogens is 178 g/mol. The first-order valence-electron chi connectivity index (χ1n) is 3.93. The average Bonchev–Trinajstić information content (AvgIpc) is 2.11. The minimum Gasteiger partial charge on any atom is -0.394 e. The van der Waals surface area contributed by atoms with Crippen LogP contribution in [0.2, 0.25) is 0 Å². The van der Waals surface area contributed by atoms with Crippen LogP contribution < -0.4 is 4.72 Å². The summed E-state index contributed by atoms with van der Waals surface area (Å²) in [5, 5.41) is 8.70. The molecule has 0 amide bonds. The summed E-state index contributed by atoms with van der Waals surface area (Å²) in [5.74, 6) is 0. The average molecular weight is 195 g/mol. The molecule has 0 fully saturated rings. The molecule has 12 heavy (non-hydrogen) atoms. The Hall–Kier alpha value is 0.190. The Morgan fingerprint density at radius 2 is 2.33 bits per heavy atom. The zero-order valence-electron chi connectivity index (χ0n) is 7.32. The van der Waals surface area contributed by atoms with Crippen molar-refractivity contribution in [1.29, 1.82) is 0 Å². The van der Waals surface area contributed by atoms with Crippen molar-refractivity contribution < 1.29 is 14.6 Å². The quantitative estimate of drug-likeness (QED) is 0.372. The van der Waals surface area contributed by atoms with Crippen molar-refractivity contribution in [2.75, 3.05) is 33.5 Å². The zero-order chi connectivity index (χ0) is 9.23. The third-order valence-electron chi connectivity index (χ3n) is 1.42. The van der Waals surface area contributed by atoms with Crippen LogP contribution in [0.25, 0.3) is 0 Å². The van der Waals surface area contributed by atoms with Gasteiger partial charge in [0.15, 0.2) is 0 Å². The van der Waals surface area contributed by atoms with Crippen molar-refractivity contribution in [3.05, 3.63) is 0 Å². The number of aliphatic hydroxyl groups excluding tert-OH is 1. The molecule has 0 aliphatic rings. The van der Waals surface area contributed by atoms with Crippen LogP contribution in [-0.2, 0) is 9.47 Å². The molecule has 2 N–H and O–H groups in total. The molecule has 0 aromatic heterocycles. The first-order chi connectivity index (χ1) is 5.85. The van der Waals surface area contributed by atoms with E-state index in [4.69, 9.17) is 14.6 Å². The molecule has 0 rings (SSSR count). The van der Waals surface area contributed by atoms with Crippen LogP contribution in [0.15, 0.2) is 0 Å². The SMILES string of the molecule is COC(CO)COCCCNS. The summed E-state index contributed by atoms with van der Waals surface area (Å²) in [7, 11) is 1.56. The molecule has 0 saturated heterocycles. The monoisotopic (exact) mass is 195 g/mol. The Balaban J connectivity index is 3.06. The van der Waals surface area contributed by atoms with Crippen LogP contribution in [0.5, 0.6) is 0 Å². The third kappa shape index (κ3) is 6.87. The van der Waals surface area contributed by atoms with Gasteiger partial charge in [0.05, 0.1) is 13.2 Å². The van der Waals surface area contributed by atoms with Crippen LogP contribution in [0, 0.1) is 0 Å². The van der Waals surface area contributed by atoms with Gasteiger partial charge in [-0.25, -0.2) is 0 Å². The minimum absolute atomic E-state index is 0.00131. The van der Waals surface area contributed by atoms with Gasteiger partial charge in [-0.05, 0) is 6.42 Å². The Bertz CT molecular complexity index is 90.7. The molecule has 0 bridgehead atoms. The van der Waals surface area contributed by atoms with E-state index in [0.29, 0.717) is 13.2 Å².